The summed E-state index contributed by atoms with van der Waals surface area (Å²) in [7, 11) is 1.63. The van der Waals surface area contributed by atoms with E-state index < -0.39 is 0 Å². The largest absolute Gasteiger partial charge is 0.399 e. The van der Waals surface area contributed by atoms with Gasteiger partial charge in [-0.1, -0.05) is 13.8 Å². The van der Waals surface area contributed by atoms with Gasteiger partial charge in [0.15, 0.2) is 0 Å². The average molecular weight is 263 g/mol. The molecule has 104 valence electrons. The van der Waals surface area contributed by atoms with Crippen LogP contribution in [0.5, 0.6) is 0 Å². The summed E-state index contributed by atoms with van der Waals surface area (Å²) in [5.74, 6) is 1.20. The molecule has 2 rings (SSSR count). The second-order valence-electron chi connectivity index (χ2n) is 5.03. The number of nitrogens with two attached hydrogens (primary N) is 1. The summed E-state index contributed by atoms with van der Waals surface area (Å²) in [4.78, 5) is 4.64. The first-order valence-electron chi connectivity index (χ1n) is 6.45. The number of methoxy groups -OCH3 is 1. The molecule has 1 heterocycles. The second-order valence-corrected chi connectivity index (χ2v) is 5.03. The number of imidazole rings is 1. The highest BCUT2D eigenvalue weighted by atomic mass is 16.5. The lowest BCUT2D eigenvalue weighted by Gasteiger charge is -2.20. The number of aliphatic hydroxyl groups excluding tert-OH is 1. The number of hydrogen-bond donors (Lipinski definition) is 2. The van der Waals surface area contributed by atoms with Crippen molar-refractivity contribution in [2.75, 3.05) is 26.1 Å². The van der Waals surface area contributed by atoms with Crippen LogP contribution in [0.1, 0.15) is 31.6 Å². The molecule has 0 spiro atoms. The molecule has 3 N–H and O–H groups in total. The number of nitrogen functional groups attached to an aromatic ring is 1. The van der Waals surface area contributed by atoms with Crippen molar-refractivity contribution in [3.63, 3.8) is 0 Å². The van der Waals surface area contributed by atoms with Gasteiger partial charge in [-0.15, -0.1) is 0 Å². The number of anilines is 1. The number of aromatic nitrogens is 2. The third kappa shape index (κ3) is 2.57. The van der Waals surface area contributed by atoms with Gasteiger partial charge in [0.05, 0.1) is 30.3 Å². The Kier molecular flexibility index (Phi) is 4.07. The fourth-order valence-electron chi connectivity index (χ4n) is 2.33. The molecule has 0 aliphatic heterocycles. The minimum absolute atomic E-state index is 0.0173. The van der Waals surface area contributed by atoms with Crippen molar-refractivity contribution in [2.24, 2.45) is 0 Å². The Morgan fingerprint density at radius 2 is 2.16 bits per heavy atom. The SMILES string of the molecule is COCC(CO)n1c(C(C)C)nc2cc(N)ccc21. The van der Waals surface area contributed by atoms with Crippen molar-refractivity contribution in [3.8, 4) is 0 Å². The monoisotopic (exact) mass is 263 g/mol. The Morgan fingerprint density at radius 1 is 1.42 bits per heavy atom. The zero-order chi connectivity index (χ0) is 14.0. The molecule has 0 amide bonds. The van der Waals surface area contributed by atoms with E-state index in [9.17, 15) is 5.11 Å². The van der Waals surface area contributed by atoms with Gasteiger partial charge in [0.1, 0.15) is 5.82 Å². The summed E-state index contributed by atoms with van der Waals surface area (Å²) in [5, 5.41) is 9.60. The summed E-state index contributed by atoms with van der Waals surface area (Å²) in [6, 6.07) is 5.53. The number of fused-ring (bicyclic) bond motifs is 1. The van der Waals surface area contributed by atoms with Gasteiger partial charge in [0.25, 0.3) is 0 Å². The van der Waals surface area contributed by atoms with Gasteiger partial charge in [0.2, 0.25) is 0 Å². The predicted octanol–water partition coefficient (Wildman–Crippen LogP) is 1.92. The highest BCUT2D eigenvalue weighted by Gasteiger charge is 2.20. The maximum absolute atomic E-state index is 9.60. The minimum Gasteiger partial charge on any atom is -0.399 e. The molecule has 1 aromatic carbocycles. The van der Waals surface area contributed by atoms with E-state index in [0.717, 1.165) is 16.9 Å². The Hall–Kier alpha value is -1.59. The van der Waals surface area contributed by atoms with Crippen LogP contribution in [-0.2, 0) is 4.74 Å². The summed E-state index contributed by atoms with van der Waals surface area (Å²) < 4.78 is 7.25. The molecule has 0 aliphatic rings. The highest BCUT2D eigenvalue weighted by molar-refractivity contribution is 5.80. The minimum atomic E-state index is -0.129. The molecule has 0 fully saturated rings. The maximum Gasteiger partial charge on any atom is 0.112 e. The number of benzene rings is 1. The molecule has 0 aliphatic carbocycles. The fraction of sp³-hybridized carbons (Fsp3) is 0.500. The van der Waals surface area contributed by atoms with Crippen LogP contribution in [0.15, 0.2) is 18.2 Å². The van der Waals surface area contributed by atoms with Crippen LogP contribution < -0.4 is 5.73 Å². The zero-order valence-corrected chi connectivity index (χ0v) is 11.6. The Labute approximate surface area is 113 Å². The quantitative estimate of drug-likeness (QED) is 0.808. The number of rotatable bonds is 5. The Bertz CT molecular complexity index is 563. The van der Waals surface area contributed by atoms with Crippen LogP contribution in [0.2, 0.25) is 0 Å². The van der Waals surface area contributed by atoms with Crippen molar-refractivity contribution in [2.45, 2.75) is 25.8 Å². The summed E-state index contributed by atoms with van der Waals surface area (Å²) in [6.07, 6.45) is 0. The van der Waals surface area contributed by atoms with Gasteiger partial charge in [-0.2, -0.15) is 0 Å². The number of ether oxygens (including phenoxy) is 1. The lowest BCUT2D eigenvalue weighted by molar-refractivity contribution is 0.114. The number of nitrogens with zero attached hydrogens (tertiary/aromatic N) is 2. The van der Waals surface area contributed by atoms with E-state index in [-0.39, 0.29) is 18.6 Å². The van der Waals surface area contributed by atoms with Crippen LogP contribution in [-0.4, -0.2) is 35.0 Å². The second kappa shape index (κ2) is 5.59. The third-order valence-electron chi connectivity index (χ3n) is 3.19. The van der Waals surface area contributed by atoms with Gasteiger partial charge in [-0.25, -0.2) is 4.98 Å². The molecule has 1 aromatic heterocycles. The number of aliphatic hydroxyl groups is 1. The van der Waals surface area contributed by atoms with Crippen LogP contribution in [0.3, 0.4) is 0 Å². The van der Waals surface area contributed by atoms with Crippen LogP contribution >= 0.6 is 0 Å². The molecule has 2 aromatic rings. The smallest absolute Gasteiger partial charge is 0.112 e. The molecule has 5 nitrogen and oxygen atoms in total. The molecular weight excluding hydrogens is 242 g/mol. The highest BCUT2D eigenvalue weighted by Crippen LogP contribution is 2.27. The van der Waals surface area contributed by atoms with E-state index in [4.69, 9.17) is 10.5 Å². The van der Waals surface area contributed by atoms with E-state index >= 15 is 0 Å². The van der Waals surface area contributed by atoms with E-state index in [1.54, 1.807) is 7.11 Å². The molecule has 0 saturated carbocycles. The molecule has 19 heavy (non-hydrogen) atoms. The first-order valence-corrected chi connectivity index (χ1v) is 6.45. The molecular formula is C14H21N3O2. The summed E-state index contributed by atoms with van der Waals surface area (Å²) >= 11 is 0. The molecule has 5 heteroatoms. The van der Waals surface area contributed by atoms with Crippen LogP contribution in [0, 0.1) is 0 Å². The van der Waals surface area contributed by atoms with E-state index in [1.807, 2.05) is 18.2 Å². The normalized spacial score (nSPS) is 13.3. The van der Waals surface area contributed by atoms with E-state index in [2.05, 4.69) is 23.4 Å². The lowest BCUT2D eigenvalue weighted by atomic mass is 10.2. The number of hydrogen-bond acceptors (Lipinski definition) is 4. The van der Waals surface area contributed by atoms with Crippen LogP contribution in [0.25, 0.3) is 11.0 Å². The van der Waals surface area contributed by atoms with Crippen molar-refractivity contribution < 1.29 is 9.84 Å². The third-order valence-corrected chi connectivity index (χ3v) is 3.19. The summed E-state index contributed by atoms with van der Waals surface area (Å²) in [5.41, 5.74) is 8.34. The van der Waals surface area contributed by atoms with Crippen molar-refractivity contribution in [1.82, 2.24) is 9.55 Å². The van der Waals surface area contributed by atoms with Crippen LogP contribution in [0.4, 0.5) is 5.69 Å². The molecule has 0 bridgehead atoms. The van der Waals surface area contributed by atoms with Crippen molar-refractivity contribution in [3.05, 3.63) is 24.0 Å². The topological polar surface area (TPSA) is 73.3 Å². The van der Waals surface area contributed by atoms with Gasteiger partial charge in [0, 0.05) is 18.7 Å². The standard InChI is InChI=1S/C14H21N3O2/c1-9(2)14-16-12-6-10(15)4-5-13(12)17(14)11(7-18)8-19-3/h4-6,9,11,18H,7-8,15H2,1-3H3. The lowest BCUT2D eigenvalue weighted by Crippen LogP contribution is -2.21. The van der Waals surface area contributed by atoms with Gasteiger partial charge in [-0.3, -0.25) is 0 Å². The molecule has 1 atom stereocenters. The van der Waals surface area contributed by atoms with E-state index in [1.165, 1.54) is 0 Å². The zero-order valence-electron chi connectivity index (χ0n) is 11.6. The fourth-order valence-corrected chi connectivity index (χ4v) is 2.33. The Balaban J connectivity index is 2.63. The predicted molar refractivity (Wildman–Crippen MR) is 76.2 cm³/mol. The van der Waals surface area contributed by atoms with Gasteiger partial charge < -0.3 is 20.1 Å². The molecule has 0 radical (unpaired) electrons. The van der Waals surface area contributed by atoms with Gasteiger partial charge in [-0.05, 0) is 18.2 Å². The molecule has 1 unspecified atom stereocenters. The van der Waals surface area contributed by atoms with E-state index in [0.29, 0.717) is 12.3 Å². The van der Waals surface area contributed by atoms with Crippen molar-refractivity contribution >= 4 is 16.7 Å². The van der Waals surface area contributed by atoms with Gasteiger partial charge >= 0.3 is 0 Å². The first kappa shape index (κ1) is 13.8. The summed E-state index contributed by atoms with van der Waals surface area (Å²) in [6.45, 7) is 4.64. The maximum atomic E-state index is 9.60. The first-order chi connectivity index (χ1) is 9.08. The molecule has 0 saturated heterocycles. The average Bonchev–Trinajstić information content (AvgIpc) is 2.74. The Morgan fingerprint density at radius 3 is 2.74 bits per heavy atom. The van der Waals surface area contributed by atoms with Crippen molar-refractivity contribution in [1.29, 1.82) is 0 Å².